The Balaban J connectivity index is 1.69. The summed E-state index contributed by atoms with van der Waals surface area (Å²) in [5.41, 5.74) is 2.29. The molecule has 3 aromatic rings. The van der Waals surface area contributed by atoms with Gasteiger partial charge in [-0.2, -0.15) is 9.97 Å². The fourth-order valence-electron chi connectivity index (χ4n) is 2.53. The van der Waals surface area contributed by atoms with Crippen LogP contribution in [-0.2, 0) is 10.0 Å². The number of aryl methyl sites for hydroxylation is 1. The molecule has 3 rings (SSSR count). The molecule has 0 fully saturated rings. The Labute approximate surface area is 196 Å². The van der Waals surface area contributed by atoms with E-state index in [0.717, 1.165) is 11.3 Å². The van der Waals surface area contributed by atoms with Gasteiger partial charge < -0.3 is 20.1 Å². The second-order valence-electron chi connectivity index (χ2n) is 6.46. The van der Waals surface area contributed by atoms with Gasteiger partial charge in [-0.3, -0.25) is 4.72 Å². The fourth-order valence-corrected chi connectivity index (χ4v) is 3.94. The van der Waals surface area contributed by atoms with Gasteiger partial charge in [-0.1, -0.05) is 17.7 Å². The van der Waals surface area contributed by atoms with Gasteiger partial charge in [0.25, 0.3) is 10.0 Å². The molecule has 1 heterocycles. The van der Waals surface area contributed by atoms with E-state index >= 15 is 0 Å². The molecule has 0 radical (unpaired) electrons. The Morgan fingerprint density at radius 1 is 0.969 bits per heavy atom. The summed E-state index contributed by atoms with van der Waals surface area (Å²) in [7, 11) is -1.14. The third-order valence-electron chi connectivity index (χ3n) is 4.16. The molecule has 0 aliphatic carbocycles. The lowest BCUT2D eigenvalue weighted by Gasteiger charge is -2.12. The number of aromatic nitrogens is 2. The molecule has 9 nitrogen and oxygen atoms in total. The van der Waals surface area contributed by atoms with Gasteiger partial charge in [0.1, 0.15) is 0 Å². The molecular weight excluding hydrogens is 474 g/mol. The van der Waals surface area contributed by atoms with Crippen molar-refractivity contribution in [3.8, 4) is 11.9 Å². The molecule has 0 aliphatic heterocycles. The number of hydrogen-bond acceptors (Lipinski definition) is 7. The van der Waals surface area contributed by atoms with E-state index in [2.05, 4.69) is 25.3 Å². The highest BCUT2D eigenvalue weighted by molar-refractivity contribution is 7.92. The molecule has 32 heavy (non-hydrogen) atoms. The Morgan fingerprint density at radius 2 is 1.62 bits per heavy atom. The normalized spacial score (nSPS) is 10.9. The van der Waals surface area contributed by atoms with Crippen LogP contribution in [0.1, 0.15) is 5.56 Å². The van der Waals surface area contributed by atoms with Crippen molar-refractivity contribution >= 4 is 56.1 Å². The first kappa shape index (κ1) is 23.5. The number of nitrogens with one attached hydrogen (secondary N) is 3. The highest BCUT2D eigenvalue weighted by Gasteiger charge is 2.17. The molecule has 0 amide bonds. The van der Waals surface area contributed by atoms with Gasteiger partial charge in [0.2, 0.25) is 5.88 Å². The average molecular weight is 494 g/mol. The first-order chi connectivity index (χ1) is 15.2. The van der Waals surface area contributed by atoms with E-state index < -0.39 is 10.0 Å². The summed E-state index contributed by atoms with van der Waals surface area (Å²) < 4.78 is 37.8. The number of nitrogens with zero attached hydrogens (tertiary/aromatic N) is 2. The number of halogens is 1. The van der Waals surface area contributed by atoms with E-state index in [4.69, 9.17) is 33.3 Å². The maximum atomic E-state index is 12.7. The predicted octanol–water partition coefficient (Wildman–Crippen LogP) is 4.07. The minimum absolute atomic E-state index is 0.0121. The van der Waals surface area contributed by atoms with Crippen LogP contribution in [0.2, 0.25) is 5.02 Å². The van der Waals surface area contributed by atoms with Crippen molar-refractivity contribution in [3.05, 3.63) is 59.1 Å². The van der Waals surface area contributed by atoms with Crippen LogP contribution in [0.15, 0.2) is 53.4 Å². The Morgan fingerprint density at radius 3 is 2.25 bits per heavy atom. The molecule has 0 spiro atoms. The number of hydrogen-bond donors (Lipinski definition) is 3. The van der Waals surface area contributed by atoms with Crippen molar-refractivity contribution in [2.75, 3.05) is 29.6 Å². The molecular formula is C20H20ClN5O4S2. The zero-order chi connectivity index (χ0) is 23.3. The first-order valence-electron chi connectivity index (χ1n) is 9.14. The predicted molar refractivity (Wildman–Crippen MR) is 128 cm³/mol. The van der Waals surface area contributed by atoms with Gasteiger partial charge >= 0.3 is 6.01 Å². The molecule has 3 N–H and O–H groups in total. The lowest BCUT2D eigenvalue weighted by atomic mass is 10.2. The van der Waals surface area contributed by atoms with E-state index in [1.807, 2.05) is 19.1 Å². The van der Waals surface area contributed by atoms with Gasteiger partial charge in [-0.25, -0.2) is 8.42 Å². The van der Waals surface area contributed by atoms with E-state index in [9.17, 15) is 8.42 Å². The second-order valence-corrected chi connectivity index (χ2v) is 8.95. The maximum Gasteiger partial charge on any atom is 0.321 e. The number of rotatable bonds is 7. The average Bonchev–Trinajstić information content (AvgIpc) is 2.76. The molecule has 0 saturated heterocycles. The standard InChI is InChI=1S/C20H20ClN5O4S2/c1-12-4-5-14(10-16(12)21)23-20(31)22-13-6-8-15(9-7-13)32(27,28)26-17-11-18(29-2)25-19(24-17)30-3/h4-11H,1-3H3,(H2,22,23,31)(H,24,25,26). The van der Waals surface area contributed by atoms with Crippen molar-refractivity contribution < 1.29 is 17.9 Å². The van der Waals surface area contributed by atoms with Crippen molar-refractivity contribution in [2.45, 2.75) is 11.8 Å². The highest BCUT2D eigenvalue weighted by atomic mass is 35.5. The molecule has 0 aliphatic rings. The highest BCUT2D eigenvalue weighted by Crippen LogP contribution is 2.22. The van der Waals surface area contributed by atoms with E-state index in [0.29, 0.717) is 15.8 Å². The number of thiocarbonyl (C=S) groups is 1. The summed E-state index contributed by atoms with van der Waals surface area (Å²) in [6, 6.07) is 12.9. The van der Waals surface area contributed by atoms with E-state index in [1.54, 1.807) is 18.2 Å². The molecule has 0 unspecified atom stereocenters. The lowest BCUT2D eigenvalue weighted by Crippen LogP contribution is -2.19. The second kappa shape index (κ2) is 9.98. The van der Waals surface area contributed by atoms with Crippen LogP contribution in [-0.4, -0.2) is 37.7 Å². The lowest BCUT2D eigenvalue weighted by molar-refractivity contribution is 0.353. The number of ether oxygens (including phenoxy) is 2. The minimum Gasteiger partial charge on any atom is -0.481 e. The summed E-state index contributed by atoms with van der Waals surface area (Å²) in [6.45, 7) is 1.91. The summed E-state index contributed by atoms with van der Waals surface area (Å²) >= 11 is 11.4. The Hall–Kier alpha value is -3.15. The molecule has 0 atom stereocenters. The number of benzene rings is 2. The largest absolute Gasteiger partial charge is 0.481 e. The number of anilines is 3. The molecule has 168 valence electrons. The van der Waals surface area contributed by atoms with Gasteiger partial charge in [-0.15, -0.1) is 0 Å². The van der Waals surface area contributed by atoms with Gasteiger partial charge in [0, 0.05) is 22.5 Å². The van der Waals surface area contributed by atoms with Gasteiger partial charge in [0.15, 0.2) is 10.9 Å². The van der Waals surface area contributed by atoms with Crippen molar-refractivity contribution in [1.29, 1.82) is 0 Å². The quantitative estimate of drug-likeness (QED) is 0.419. The third kappa shape index (κ3) is 5.96. The molecule has 12 heteroatoms. The van der Waals surface area contributed by atoms with Crippen LogP contribution in [0.25, 0.3) is 0 Å². The Kier molecular flexibility index (Phi) is 7.33. The summed E-state index contributed by atoms with van der Waals surface area (Å²) in [6.07, 6.45) is 0. The number of methoxy groups -OCH3 is 2. The van der Waals surface area contributed by atoms with Gasteiger partial charge in [0.05, 0.1) is 19.1 Å². The summed E-state index contributed by atoms with van der Waals surface area (Å²) in [5.74, 6) is 0.169. The zero-order valence-corrected chi connectivity index (χ0v) is 19.7. The minimum atomic E-state index is -3.91. The maximum absolute atomic E-state index is 12.7. The van der Waals surface area contributed by atoms with Crippen LogP contribution in [0, 0.1) is 6.92 Å². The summed E-state index contributed by atoms with van der Waals surface area (Å²) in [4.78, 5) is 7.93. The fraction of sp³-hybridized carbons (Fsp3) is 0.150. The number of sulfonamides is 1. The Bertz CT molecular complexity index is 1210. The smallest absolute Gasteiger partial charge is 0.321 e. The van der Waals surface area contributed by atoms with Crippen LogP contribution in [0.4, 0.5) is 17.2 Å². The molecule has 0 saturated carbocycles. The van der Waals surface area contributed by atoms with Crippen LogP contribution >= 0.6 is 23.8 Å². The van der Waals surface area contributed by atoms with Crippen molar-refractivity contribution in [2.24, 2.45) is 0 Å². The topological polar surface area (TPSA) is 114 Å². The van der Waals surface area contributed by atoms with E-state index in [-0.39, 0.29) is 22.6 Å². The van der Waals surface area contributed by atoms with Gasteiger partial charge in [-0.05, 0) is 61.1 Å². The van der Waals surface area contributed by atoms with Crippen LogP contribution < -0.4 is 24.8 Å². The third-order valence-corrected chi connectivity index (χ3v) is 6.15. The molecule has 0 bridgehead atoms. The first-order valence-corrected chi connectivity index (χ1v) is 11.4. The van der Waals surface area contributed by atoms with Crippen LogP contribution in [0.3, 0.4) is 0 Å². The zero-order valence-electron chi connectivity index (χ0n) is 17.3. The summed E-state index contributed by atoms with van der Waals surface area (Å²) in [5, 5.41) is 6.97. The monoisotopic (exact) mass is 493 g/mol. The van der Waals surface area contributed by atoms with Crippen molar-refractivity contribution in [3.63, 3.8) is 0 Å². The van der Waals surface area contributed by atoms with Crippen molar-refractivity contribution in [1.82, 2.24) is 9.97 Å². The molecule has 2 aromatic carbocycles. The van der Waals surface area contributed by atoms with Crippen LogP contribution in [0.5, 0.6) is 11.9 Å². The molecule has 1 aromatic heterocycles. The SMILES string of the molecule is COc1cc(NS(=O)(=O)c2ccc(NC(=S)Nc3ccc(C)c(Cl)c3)cc2)nc(OC)n1. The van der Waals surface area contributed by atoms with E-state index in [1.165, 1.54) is 32.4 Å².